The van der Waals surface area contributed by atoms with Crippen molar-refractivity contribution >= 4 is 0 Å². The normalized spacial score (nSPS) is 26.8. The van der Waals surface area contributed by atoms with Crippen LogP contribution in [0.25, 0.3) is 0 Å². The summed E-state index contributed by atoms with van der Waals surface area (Å²) in [5.74, 6) is 0.650. The molecule has 15 heavy (non-hydrogen) atoms. The molecule has 1 N–H and O–H groups in total. The molecule has 5 heteroatoms. The van der Waals surface area contributed by atoms with Crippen LogP contribution in [-0.2, 0) is 11.3 Å². The SMILES string of the molecule is COC1CCCC(n2ncnc2CO)C1. The maximum atomic E-state index is 9.11. The average Bonchev–Trinajstić information content (AvgIpc) is 2.77. The number of ether oxygens (including phenoxy) is 1. The largest absolute Gasteiger partial charge is 0.388 e. The minimum absolute atomic E-state index is 0.0475. The first-order valence-electron chi connectivity index (χ1n) is 5.37. The Labute approximate surface area is 89.1 Å². The van der Waals surface area contributed by atoms with Gasteiger partial charge in [-0.15, -0.1) is 0 Å². The van der Waals surface area contributed by atoms with E-state index in [-0.39, 0.29) is 6.61 Å². The van der Waals surface area contributed by atoms with Gasteiger partial charge in [-0.25, -0.2) is 9.67 Å². The first-order valence-corrected chi connectivity index (χ1v) is 5.37. The molecule has 0 spiro atoms. The van der Waals surface area contributed by atoms with Crippen molar-refractivity contribution in [2.75, 3.05) is 7.11 Å². The van der Waals surface area contributed by atoms with Crippen LogP contribution in [0.3, 0.4) is 0 Å². The number of hydrogen-bond donors (Lipinski definition) is 1. The molecule has 1 saturated carbocycles. The Morgan fingerprint density at radius 3 is 3.20 bits per heavy atom. The van der Waals surface area contributed by atoms with Gasteiger partial charge in [0.25, 0.3) is 0 Å². The highest BCUT2D eigenvalue weighted by atomic mass is 16.5. The summed E-state index contributed by atoms with van der Waals surface area (Å²) in [6, 6.07) is 0.327. The second-order valence-electron chi connectivity index (χ2n) is 3.96. The molecule has 0 bridgehead atoms. The quantitative estimate of drug-likeness (QED) is 0.807. The molecular formula is C10H17N3O2. The molecule has 1 aliphatic carbocycles. The van der Waals surface area contributed by atoms with Crippen molar-refractivity contribution in [3.63, 3.8) is 0 Å². The molecule has 2 rings (SSSR count). The van der Waals surface area contributed by atoms with Gasteiger partial charge in [-0.1, -0.05) is 0 Å². The van der Waals surface area contributed by atoms with Crippen molar-refractivity contribution in [1.29, 1.82) is 0 Å². The van der Waals surface area contributed by atoms with Crippen LogP contribution < -0.4 is 0 Å². The van der Waals surface area contributed by atoms with E-state index in [0.29, 0.717) is 18.0 Å². The summed E-state index contributed by atoms with van der Waals surface area (Å²) >= 11 is 0. The first-order chi connectivity index (χ1) is 7.35. The van der Waals surface area contributed by atoms with E-state index in [4.69, 9.17) is 9.84 Å². The fourth-order valence-corrected chi connectivity index (χ4v) is 2.25. The third-order valence-corrected chi connectivity index (χ3v) is 3.07. The Morgan fingerprint density at radius 1 is 1.60 bits per heavy atom. The fourth-order valence-electron chi connectivity index (χ4n) is 2.25. The maximum Gasteiger partial charge on any atom is 0.152 e. The molecule has 0 saturated heterocycles. The van der Waals surface area contributed by atoms with E-state index in [2.05, 4.69) is 10.1 Å². The van der Waals surface area contributed by atoms with Crippen LogP contribution in [0.4, 0.5) is 0 Å². The molecule has 1 aromatic heterocycles. The van der Waals surface area contributed by atoms with Gasteiger partial charge in [-0.05, 0) is 25.7 Å². The lowest BCUT2D eigenvalue weighted by molar-refractivity contribution is 0.0493. The summed E-state index contributed by atoms with van der Waals surface area (Å²) < 4.78 is 7.21. The van der Waals surface area contributed by atoms with Gasteiger partial charge in [0.15, 0.2) is 5.82 Å². The smallest absolute Gasteiger partial charge is 0.152 e. The molecule has 0 radical (unpaired) electrons. The topological polar surface area (TPSA) is 60.2 Å². The predicted molar refractivity (Wildman–Crippen MR) is 54.2 cm³/mol. The molecule has 2 unspecified atom stereocenters. The zero-order valence-electron chi connectivity index (χ0n) is 8.96. The highest BCUT2D eigenvalue weighted by molar-refractivity contribution is 4.87. The van der Waals surface area contributed by atoms with Crippen molar-refractivity contribution in [1.82, 2.24) is 14.8 Å². The second kappa shape index (κ2) is 4.72. The van der Waals surface area contributed by atoms with Crippen molar-refractivity contribution in [3.8, 4) is 0 Å². The zero-order chi connectivity index (χ0) is 10.7. The van der Waals surface area contributed by atoms with Crippen molar-refractivity contribution < 1.29 is 9.84 Å². The Kier molecular flexibility index (Phi) is 3.33. The van der Waals surface area contributed by atoms with Gasteiger partial charge in [0.2, 0.25) is 0 Å². The summed E-state index contributed by atoms with van der Waals surface area (Å²) in [5.41, 5.74) is 0. The van der Waals surface area contributed by atoms with Gasteiger partial charge >= 0.3 is 0 Å². The van der Waals surface area contributed by atoms with E-state index >= 15 is 0 Å². The molecule has 2 atom stereocenters. The van der Waals surface area contributed by atoms with E-state index in [9.17, 15) is 0 Å². The standard InChI is InChI=1S/C10H17N3O2/c1-15-9-4-2-3-8(5-9)13-10(6-14)11-7-12-13/h7-9,14H,2-6H2,1H3. The highest BCUT2D eigenvalue weighted by Crippen LogP contribution is 2.29. The summed E-state index contributed by atoms with van der Waals surface area (Å²) in [7, 11) is 1.75. The lowest BCUT2D eigenvalue weighted by Crippen LogP contribution is -2.25. The number of methoxy groups -OCH3 is 1. The highest BCUT2D eigenvalue weighted by Gasteiger charge is 2.24. The average molecular weight is 211 g/mol. The first kappa shape index (κ1) is 10.6. The molecule has 0 aliphatic heterocycles. The van der Waals surface area contributed by atoms with Gasteiger partial charge in [-0.2, -0.15) is 5.10 Å². The Balaban J connectivity index is 2.09. The number of aliphatic hydroxyl groups is 1. The van der Waals surface area contributed by atoms with Crippen molar-refractivity contribution in [3.05, 3.63) is 12.2 Å². The monoisotopic (exact) mass is 211 g/mol. The number of hydrogen-bond acceptors (Lipinski definition) is 4. The lowest BCUT2D eigenvalue weighted by Gasteiger charge is -2.28. The van der Waals surface area contributed by atoms with Crippen LogP contribution in [0.5, 0.6) is 0 Å². The Morgan fingerprint density at radius 2 is 2.47 bits per heavy atom. The third kappa shape index (κ3) is 2.18. The summed E-state index contributed by atoms with van der Waals surface area (Å²) in [6.45, 7) is -0.0475. The summed E-state index contributed by atoms with van der Waals surface area (Å²) in [4.78, 5) is 4.02. The fraction of sp³-hybridized carbons (Fsp3) is 0.800. The second-order valence-corrected chi connectivity index (χ2v) is 3.96. The van der Waals surface area contributed by atoms with Gasteiger partial charge < -0.3 is 9.84 Å². The van der Waals surface area contributed by atoms with Gasteiger partial charge in [0.05, 0.1) is 12.1 Å². The van der Waals surface area contributed by atoms with E-state index in [1.807, 2.05) is 4.68 Å². The summed E-state index contributed by atoms with van der Waals surface area (Å²) in [6.07, 6.45) is 6.15. The minimum atomic E-state index is -0.0475. The number of rotatable bonds is 3. The molecule has 0 amide bonds. The van der Waals surface area contributed by atoms with Gasteiger partial charge in [-0.3, -0.25) is 0 Å². The molecule has 1 aliphatic rings. The lowest BCUT2D eigenvalue weighted by atomic mass is 9.93. The van der Waals surface area contributed by atoms with Gasteiger partial charge in [0.1, 0.15) is 12.9 Å². The van der Waals surface area contributed by atoms with Crippen LogP contribution in [0.2, 0.25) is 0 Å². The molecular weight excluding hydrogens is 194 g/mol. The van der Waals surface area contributed by atoms with E-state index in [1.165, 1.54) is 6.33 Å². The molecule has 84 valence electrons. The van der Waals surface area contributed by atoms with Crippen LogP contribution >= 0.6 is 0 Å². The summed E-state index contributed by atoms with van der Waals surface area (Å²) in [5, 5.41) is 13.3. The van der Waals surface area contributed by atoms with Crippen LogP contribution in [0.1, 0.15) is 37.5 Å². The number of nitrogens with zero attached hydrogens (tertiary/aromatic N) is 3. The molecule has 1 heterocycles. The number of aliphatic hydroxyl groups excluding tert-OH is 1. The van der Waals surface area contributed by atoms with E-state index in [1.54, 1.807) is 7.11 Å². The maximum absolute atomic E-state index is 9.11. The van der Waals surface area contributed by atoms with E-state index in [0.717, 1.165) is 25.7 Å². The number of aromatic nitrogens is 3. The third-order valence-electron chi connectivity index (χ3n) is 3.07. The Bertz CT molecular complexity index is 313. The van der Waals surface area contributed by atoms with Crippen molar-refractivity contribution in [2.45, 2.75) is 44.4 Å². The molecule has 0 aromatic carbocycles. The van der Waals surface area contributed by atoms with E-state index < -0.39 is 0 Å². The van der Waals surface area contributed by atoms with Gasteiger partial charge in [0, 0.05) is 7.11 Å². The molecule has 1 fully saturated rings. The van der Waals surface area contributed by atoms with Crippen LogP contribution in [0, 0.1) is 0 Å². The minimum Gasteiger partial charge on any atom is -0.388 e. The Hall–Kier alpha value is -0.940. The van der Waals surface area contributed by atoms with Crippen molar-refractivity contribution in [2.24, 2.45) is 0 Å². The molecule has 5 nitrogen and oxygen atoms in total. The van der Waals surface area contributed by atoms with Crippen LogP contribution in [-0.4, -0.2) is 33.1 Å². The zero-order valence-corrected chi connectivity index (χ0v) is 8.96. The predicted octanol–water partition coefficient (Wildman–Crippen LogP) is 0.901. The van der Waals surface area contributed by atoms with Crippen LogP contribution in [0.15, 0.2) is 6.33 Å². The molecule has 1 aromatic rings.